The van der Waals surface area contributed by atoms with E-state index in [0.29, 0.717) is 5.16 Å². The molecule has 3 aromatic rings. The Kier molecular flexibility index (Phi) is 5.52. The maximum Gasteiger partial charge on any atom is 0.332 e. The molecule has 29 heavy (non-hydrogen) atoms. The largest absolute Gasteiger partial charge is 0.384 e. The fraction of sp³-hybridized carbons (Fsp3) is 0.300. The van der Waals surface area contributed by atoms with Gasteiger partial charge in [0.25, 0.3) is 5.56 Å². The molecule has 0 aliphatic rings. The molecule has 0 aliphatic heterocycles. The van der Waals surface area contributed by atoms with E-state index in [4.69, 9.17) is 5.73 Å². The Morgan fingerprint density at radius 1 is 1.17 bits per heavy atom. The average molecular weight is 414 g/mol. The number of benzene rings is 1. The van der Waals surface area contributed by atoms with Crippen molar-refractivity contribution in [2.45, 2.75) is 31.2 Å². The van der Waals surface area contributed by atoms with Crippen molar-refractivity contribution in [2.75, 3.05) is 5.73 Å². The summed E-state index contributed by atoms with van der Waals surface area (Å²) >= 11 is 1.23. The first kappa shape index (κ1) is 20.7. The fourth-order valence-electron chi connectivity index (χ4n) is 3.05. The second-order valence-electron chi connectivity index (χ2n) is 6.96. The molecule has 1 aromatic carbocycles. The minimum atomic E-state index is -0.694. The summed E-state index contributed by atoms with van der Waals surface area (Å²) in [6, 6.07) is 6.11. The van der Waals surface area contributed by atoms with Gasteiger partial charge in [-0.15, -0.1) is 0 Å². The number of hydrogen-bond donors (Lipinski definition) is 1. The van der Waals surface area contributed by atoms with Crippen LogP contribution in [0.5, 0.6) is 0 Å². The van der Waals surface area contributed by atoms with Crippen molar-refractivity contribution in [1.29, 1.82) is 0 Å². The van der Waals surface area contributed by atoms with Gasteiger partial charge in [0.15, 0.2) is 10.9 Å². The summed E-state index contributed by atoms with van der Waals surface area (Å²) in [5, 5.41) is -0.00599. The van der Waals surface area contributed by atoms with Crippen molar-refractivity contribution in [3.8, 4) is 5.69 Å². The predicted octanol–water partition coefficient (Wildman–Crippen LogP) is 1.83. The molecule has 1 atom stereocenters. The zero-order valence-electron chi connectivity index (χ0n) is 17.0. The van der Waals surface area contributed by atoms with E-state index in [1.807, 2.05) is 42.8 Å². The van der Waals surface area contributed by atoms with Gasteiger partial charge in [0.1, 0.15) is 11.4 Å². The van der Waals surface area contributed by atoms with Crippen LogP contribution in [-0.2, 0) is 14.1 Å². The molecular formula is C20H23N5O3S. The third-order valence-electron chi connectivity index (χ3n) is 4.84. The monoisotopic (exact) mass is 413 g/mol. The molecule has 0 fully saturated rings. The number of aryl methyl sites for hydroxylation is 2. The molecule has 0 bridgehead atoms. The summed E-state index contributed by atoms with van der Waals surface area (Å²) in [5.41, 5.74) is 7.63. The quantitative estimate of drug-likeness (QED) is 0.505. The number of ketones is 1. The van der Waals surface area contributed by atoms with Crippen LogP contribution in [0.3, 0.4) is 0 Å². The number of nitrogen functional groups attached to an aromatic ring is 1. The number of nitrogens with two attached hydrogens (primary N) is 1. The van der Waals surface area contributed by atoms with E-state index in [0.717, 1.165) is 25.9 Å². The number of nitrogens with zero attached hydrogens (tertiary/aromatic N) is 4. The molecule has 0 radical (unpaired) electrons. The lowest BCUT2D eigenvalue weighted by molar-refractivity contribution is 0.0992. The van der Waals surface area contributed by atoms with Gasteiger partial charge >= 0.3 is 5.69 Å². The molecule has 0 saturated heterocycles. The Labute approximate surface area is 172 Å². The first-order valence-electron chi connectivity index (χ1n) is 9.00. The molecule has 2 N–H and O–H groups in total. The normalized spacial score (nSPS) is 12.2. The highest BCUT2D eigenvalue weighted by molar-refractivity contribution is 8.00. The number of imidazole rings is 1. The molecule has 2 aromatic heterocycles. The topological polar surface area (TPSA) is 105 Å². The second-order valence-corrected chi connectivity index (χ2v) is 8.27. The van der Waals surface area contributed by atoms with Crippen LogP contribution in [0.1, 0.15) is 28.4 Å². The van der Waals surface area contributed by atoms with Crippen molar-refractivity contribution in [1.82, 2.24) is 18.7 Å². The Morgan fingerprint density at radius 2 is 1.86 bits per heavy atom. The van der Waals surface area contributed by atoms with Gasteiger partial charge in [-0.1, -0.05) is 23.9 Å². The first-order valence-corrected chi connectivity index (χ1v) is 9.88. The molecule has 0 amide bonds. The van der Waals surface area contributed by atoms with E-state index >= 15 is 0 Å². The summed E-state index contributed by atoms with van der Waals surface area (Å²) in [6.45, 7) is 5.71. The molecule has 0 aliphatic carbocycles. The maximum absolute atomic E-state index is 13.0. The summed E-state index contributed by atoms with van der Waals surface area (Å²) in [5.74, 6) is -0.576. The van der Waals surface area contributed by atoms with E-state index < -0.39 is 22.3 Å². The lowest BCUT2D eigenvalue weighted by atomic mass is 10.1. The lowest BCUT2D eigenvalue weighted by Gasteiger charge is -2.16. The number of hydrogen-bond acceptors (Lipinski definition) is 6. The van der Waals surface area contributed by atoms with Gasteiger partial charge in [-0.3, -0.25) is 23.3 Å². The predicted molar refractivity (Wildman–Crippen MR) is 114 cm³/mol. The van der Waals surface area contributed by atoms with Crippen LogP contribution >= 0.6 is 11.8 Å². The van der Waals surface area contributed by atoms with Crippen molar-refractivity contribution in [3.05, 3.63) is 68.1 Å². The number of aromatic nitrogens is 4. The van der Waals surface area contributed by atoms with Gasteiger partial charge in [0, 0.05) is 26.5 Å². The molecule has 9 heteroatoms. The standard InChI is InChI=1S/C20H23N5O3S/c1-11-6-7-12(2)14(10-11)25-9-8-22-19(25)29-13(3)16(26)15-17(21)23(4)20(28)24(5)18(15)27/h6-10,13H,21H2,1-5H3. The van der Waals surface area contributed by atoms with Crippen LogP contribution in [0.4, 0.5) is 5.82 Å². The maximum atomic E-state index is 13.0. The van der Waals surface area contributed by atoms with Gasteiger partial charge in [0.2, 0.25) is 0 Å². The van der Waals surface area contributed by atoms with E-state index in [1.54, 1.807) is 13.1 Å². The number of carbonyl (C=O) groups excluding carboxylic acids is 1. The van der Waals surface area contributed by atoms with Crippen molar-refractivity contribution in [2.24, 2.45) is 14.1 Å². The van der Waals surface area contributed by atoms with Gasteiger partial charge < -0.3 is 5.73 Å². The molecular weight excluding hydrogens is 390 g/mol. The van der Waals surface area contributed by atoms with E-state index in [9.17, 15) is 14.4 Å². The minimum absolute atomic E-state index is 0.131. The summed E-state index contributed by atoms with van der Waals surface area (Å²) in [7, 11) is 2.75. The number of thioether (sulfide) groups is 1. The number of rotatable bonds is 5. The summed E-state index contributed by atoms with van der Waals surface area (Å²) < 4.78 is 3.90. The highest BCUT2D eigenvalue weighted by atomic mass is 32.2. The summed E-state index contributed by atoms with van der Waals surface area (Å²) in [4.78, 5) is 41.9. The Bertz CT molecular complexity index is 1220. The van der Waals surface area contributed by atoms with Crippen molar-refractivity contribution in [3.63, 3.8) is 0 Å². The van der Waals surface area contributed by atoms with Gasteiger partial charge in [-0.25, -0.2) is 9.78 Å². The van der Waals surface area contributed by atoms with Crippen LogP contribution in [0.25, 0.3) is 5.69 Å². The average Bonchev–Trinajstić information content (AvgIpc) is 3.14. The molecule has 0 spiro atoms. The molecule has 1 unspecified atom stereocenters. The molecule has 3 rings (SSSR count). The second kappa shape index (κ2) is 7.75. The van der Waals surface area contributed by atoms with E-state index in [-0.39, 0.29) is 11.4 Å². The highest BCUT2D eigenvalue weighted by Gasteiger charge is 2.26. The Hall–Kier alpha value is -3.07. The van der Waals surface area contributed by atoms with Crippen LogP contribution in [0.15, 0.2) is 45.3 Å². The lowest BCUT2D eigenvalue weighted by Crippen LogP contribution is -2.42. The van der Waals surface area contributed by atoms with E-state index in [1.165, 1.54) is 25.9 Å². The van der Waals surface area contributed by atoms with Crippen molar-refractivity contribution < 1.29 is 4.79 Å². The fourth-order valence-corrected chi connectivity index (χ4v) is 3.98. The van der Waals surface area contributed by atoms with Crippen LogP contribution < -0.4 is 17.0 Å². The van der Waals surface area contributed by atoms with Gasteiger partial charge in [0.05, 0.1) is 10.9 Å². The van der Waals surface area contributed by atoms with Crippen molar-refractivity contribution >= 4 is 23.4 Å². The molecule has 2 heterocycles. The van der Waals surface area contributed by atoms with Gasteiger partial charge in [-0.2, -0.15) is 0 Å². The molecule has 152 valence electrons. The zero-order valence-corrected chi connectivity index (χ0v) is 17.8. The minimum Gasteiger partial charge on any atom is -0.384 e. The highest BCUT2D eigenvalue weighted by Crippen LogP contribution is 2.28. The van der Waals surface area contributed by atoms with E-state index in [2.05, 4.69) is 4.98 Å². The molecule has 8 nitrogen and oxygen atoms in total. The summed E-state index contributed by atoms with van der Waals surface area (Å²) in [6.07, 6.45) is 3.50. The Balaban J connectivity index is 1.98. The van der Waals surface area contributed by atoms with Crippen LogP contribution in [0.2, 0.25) is 0 Å². The smallest absolute Gasteiger partial charge is 0.332 e. The number of carbonyl (C=O) groups is 1. The number of anilines is 1. The van der Waals surface area contributed by atoms with Gasteiger partial charge in [-0.05, 0) is 38.0 Å². The zero-order chi connectivity index (χ0) is 21.5. The first-order chi connectivity index (χ1) is 13.6. The number of Topliss-reactive ketones (excluding diaryl/α,β-unsaturated/α-hetero) is 1. The third-order valence-corrected chi connectivity index (χ3v) is 5.92. The van der Waals surface area contributed by atoms with Crippen LogP contribution in [-0.4, -0.2) is 29.7 Å². The third kappa shape index (κ3) is 3.65. The Morgan fingerprint density at radius 3 is 2.55 bits per heavy atom. The molecule has 0 saturated carbocycles. The van der Waals surface area contributed by atoms with Crippen LogP contribution in [0, 0.1) is 13.8 Å². The SMILES string of the molecule is Cc1ccc(C)c(-n2ccnc2SC(C)C(=O)c2c(N)n(C)c(=O)n(C)c2=O)c1.